The fourth-order valence-corrected chi connectivity index (χ4v) is 2.19. The zero-order valence-electron chi connectivity index (χ0n) is 9.60. The highest BCUT2D eigenvalue weighted by Crippen LogP contribution is 2.14. The largest absolute Gasteiger partial charge is 0.395 e. The molecule has 0 aliphatic carbocycles. The van der Waals surface area contributed by atoms with Crippen LogP contribution in [0, 0.1) is 0 Å². The van der Waals surface area contributed by atoms with Crippen LogP contribution in [0.5, 0.6) is 0 Å². The number of hydrogen-bond acceptors (Lipinski definition) is 3. The van der Waals surface area contributed by atoms with Gasteiger partial charge in [0.2, 0.25) is 0 Å². The van der Waals surface area contributed by atoms with Crippen LogP contribution in [0.2, 0.25) is 0 Å². The Morgan fingerprint density at radius 1 is 1.25 bits per heavy atom. The Balaban J connectivity index is 1.84. The smallest absolute Gasteiger partial charge is 0.0600 e. The molecule has 0 aromatic heterocycles. The number of piperidine rings is 1. The van der Waals surface area contributed by atoms with Crippen molar-refractivity contribution < 1.29 is 5.11 Å². The van der Waals surface area contributed by atoms with Crippen molar-refractivity contribution in [3.05, 3.63) is 35.9 Å². The fraction of sp³-hybridized carbons (Fsp3) is 0.538. The first-order valence-electron chi connectivity index (χ1n) is 6.05. The van der Waals surface area contributed by atoms with Crippen molar-refractivity contribution in [1.82, 2.24) is 10.4 Å². The summed E-state index contributed by atoms with van der Waals surface area (Å²) in [5.41, 5.74) is 4.69. The van der Waals surface area contributed by atoms with Crippen LogP contribution in [-0.4, -0.2) is 29.3 Å². The summed E-state index contributed by atoms with van der Waals surface area (Å²) in [6, 6.07) is 10.7. The van der Waals surface area contributed by atoms with Gasteiger partial charge in [0.05, 0.1) is 6.61 Å². The molecule has 0 saturated carbocycles. The van der Waals surface area contributed by atoms with Gasteiger partial charge in [-0.15, -0.1) is 0 Å². The van der Waals surface area contributed by atoms with E-state index in [0.717, 1.165) is 19.5 Å². The monoisotopic (exact) mass is 220 g/mol. The van der Waals surface area contributed by atoms with Gasteiger partial charge in [-0.3, -0.25) is 5.43 Å². The molecule has 1 aromatic rings. The van der Waals surface area contributed by atoms with Gasteiger partial charge in [0, 0.05) is 19.1 Å². The van der Waals surface area contributed by atoms with Gasteiger partial charge in [-0.1, -0.05) is 36.8 Å². The van der Waals surface area contributed by atoms with E-state index >= 15 is 0 Å². The number of aliphatic hydroxyl groups excluding tert-OH is 1. The second kappa shape index (κ2) is 5.99. The second-order valence-corrected chi connectivity index (χ2v) is 4.35. The van der Waals surface area contributed by atoms with Crippen molar-refractivity contribution in [2.24, 2.45) is 0 Å². The number of rotatable bonds is 4. The summed E-state index contributed by atoms with van der Waals surface area (Å²) in [6.45, 7) is 2.14. The molecule has 1 aliphatic rings. The topological polar surface area (TPSA) is 35.5 Å². The predicted molar refractivity (Wildman–Crippen MR) is 64.7 cm³/mol. The minimum Gasteiger partial charge on any atom is -0.395 e. The number of aliphatic hydroxyl groups is 1. The van der Waals surface area contributed by atoms with Crippen molar-refractivity contribution in [3.8, 4) is 0 Å². The SMILES string of the molecule is OCC1CCCCN1NCc1ccccc1. The first kappa shape index (κ1) is 11.6. The van der Waals surface area contributed by atoms with E-state index in [1.165, 1.54) is 18.4 Å². The molecule has 1 aliphatic heterocycles. The minimum atomic E-state index is 0.252. The summed E-state index contributed by atoms with van der Waals surface area (Å²) >= 11 is 0. The lowest BCUT2D eigenvalue weighted by Gasteiger charge is -2.34. The van der Waals surface area contributed by atoms with Gasteiger partial charge >= 0.3 is 0 Å². The molecule has 1 fully saturated rings. The molecule has 0 bridgehead atoms. The van der Waals surface area contributed by atoms with Gasteiger partial charge in [0.15, 0.2) is 0 Å². The lowest BCUT2D eigenvalue weighted by Crippen LogP contribution is -2.49. The molecule has 16 heavy (non-hydrogen) atoms. The Morgan fingerprint density at radius 3 is 2.81 bits per heavy atom. The Hall–Kier alpha value is -0.900. The summed E-state index contributed by atoms with van der Waals surface area (Å²) in [6.07, 6.45) is 3.55. The van der Waals surface area contributed by atoms with Crippen LogP contribution in [0.1, 0.15) is 24.8 Å². The van der Waals surface area contributed by atoms with Gasteiger partial charge in [0.25, 0.3) is 0 Å². The average molecular weight is 220 g/mol. The summed E-state index contributed by atoms with van der Waals surface area (Å²) in [5.74, 6) is 0. The Kier molecular flexibility index (Phi) is 4.34. The zero-order chi connectivity index (χ0) is 11.2. The molecular formula is C13H20N2O. The first-order valence-corrected chi connectivity index (χ1v) is 6.05. The highest BCUT2D eigenvalue weighted by molar-refractivity contribution is 5.14. The Labute approximate surface area is 97.1 Å². The molecule has 0 amide bonds. The van der Waals surface area contributed by atoms with Gasteiger partial charge < -0.3 is 5.11 Å². The maximum Gasteiger partial charge on any atom is 0.0600 e. The molecule has 2 N–H and O–H groups in total. The van der Waals surface area contributed by atoms with E-state index in [9.17, 15) is 5.11 Å². The Morgan fingerprint density at radius 2 is 2.06 bits per heavy atom. The van der Waals surface area contributed by atoms with E-state index in [2.05, 4.69) is 34.7 Å². The molecule has 1 atom stereocenters. The molecular weight excluding hydrogens is 200 g/mol. The molecule has 0 spiro atoms. The predicted octanol–water partition coefficient (Wildman–Crippen LogP) is 1.54. The molecule has 1 aromatic carbocycles. The van der Waals surface area contributed by atoms with Crippen LogP contribution in [-0.2, 0) is 6.54 Å². The molecule has 1 heterocycles. The zero-order valence-corrected chi connectivity index (χ0v) is 9.60. The number of benzene rings is 1. The van der Waals surface area contributed by atoms with Crippen molar-refractivity contribution in [3.63, 3.8) is 0 Å². The summed E-state index contributed by atoms with van der Waals surface area (Å²) < 4.78 is 0. The van der Waals surface area contributed by atoms with E-state index in [-0.39, 0.29) is 12.6 Å². The highest BCUT2D eigenvalue weighted by atomic mass is 16.3. The van der Waals surface area contributed by atoms with Crippen LogP contribution in [0.25, 0.3) is 0 Å². The third-order valence-electron chi connectivity index (χ3n) is 3.17. The van der Waals surface area contributed by atoms with Crippen LogP contribution in [0.3, 0.4) is 0 Å². The average Bonchev–Trinajstić information content (AvgIpc) is 2.38. The molecule has 3 nitrogen and oxygen atoms in total. The molecule has 0 radical (unpaired) electrons. The molecule has 3 heteroatoms. The van der Waals surface area contributed by atoms with Crippen molar-refractivity contribution in [2.75, 3.05) is 13.2 Å². The van der Waals surface area contributed by atoms with E-state index < -0.39 is 0 Å². The molecule has 2 rings (SSSR count). The second-order valence-electron chi connectivity index (χ2n) is 4.35. The normalized spacial score (nSPS) is 22.2. The number of hydrogen-bond donors (Lipinski definition) is 2. The van der Waals surface area contributed by atoms with Crippen molar-refractivity contribution in [1.29, 1.82) is 0 Å². The maximum absolute atomic E-state index is 9.28. The standard InChI is InChI=1S/C13H20N2O/c16-11-13-8-4-5-9-15(13)14-10-12-6-2-1-3-7-12/h1-3,6-7,13-14,16H,4-5,8-11H2. The number of hydrazine groups is 1. The molecule has 1 saturated heterocycles. The summed E-state index contributed by atoms with van der Waals surface area (Å²) in [7, 11) is 0. The number of nitrogens with one attached hydrogen (secondary N) is 1. The summed E-state index contributed by atoms with van der Waals surface area (Å²) in [5, 5.41) is 11.5. The van der Waals surface area contributed by atoms with Gasteiger partial charge in [-0.05, 0) is 18.4 Å². The summed E-state index contributed by atoms with van der Waals surface area (Å²) in [4.78, 5) is 0. The lowest BCUT2D eigenvalue weighted by atomic mass is 10.1. The van der Waals surface area contributed by atoms with Crippen LogP contribution in [0.15, 0.2) is 30.3 Å². The maximum atomic E-state index is 9.28. The third kappa shape index (κ3) is 3.04. The third-order valence-corrected chi connectivity index (χ3v) is 3.17. The van der Waals surface area contributed by atoms with E-state index in [4.69, 9.17) is 0 Å². The Bertz CT molecular complexity index is 302. The first-order chi connectivity index (χ1) is 7.90. The van der Waals surface area contributed by atoms with Crippen molar-refractivity contribution >= 4 is 0 Å². The van der Waals surface area contributed by atoms with E-state index in [0.29, 0.717) is 0 Å². The van der Waals surface area contributed by atoms with Gasteiger partial charge in [-0.25, -0.2) is 5.01 Å². The van der Waals surface area contributed by atoms with Gasteiger partial charge in [0.1, 0.15) is 0 Å². The van der Waals surface area contributed by atoms with E-state index in [1.807, 2.05) is 6.07 Å². The fourth-order valence-electron chi connectivity index (χ4n) is 2.19. The molecule has 88 valence electrons. The van der Waals surface area contributed by atoms with E-state index in [1.54, 1.807) is 0 Å². The molecule has 1 unspecified atom stereocenters. The van der Waals surface area contributed by atoms with Crippen LogP contribution >= 0.6 is 0 Å². The van der Waals surface area contributed by atoms with Crippen LogP contribution in [0.4, 0.5) is 0 Å². The highest BCUT2D eigenvalue weighted by Gasteiger charge is 2.20. The number of nitrogens with zero attached hydrogens (tertiary/aromatic N) is 1. The van der Waals surface area contributed by atoms with Gasteiger partial charge in [-0.2, -0.15) is 0 Å². The van der Waals surface area contributed by atoms with Crippen LogP contribution < -0.4 is 5.43 Å². The lowest BCUT2D eigenvalue weighted by molar-refractivity contribution is 0.0436. The van der Waals surface area contributed by atoms with Crippen molar-refractivity contribution in [2.45, 2.75) is 31.8 Å². The minimum absolute atomic E-state index is 0.252. The quantitative estimate of drug-likeness (QED) is 0.808.